The SMILES string of the molecule is CN(CCCl)C(=O)c1ccc(O)c(O)c1. The van der Waals surface area contributed by atoms with E-state index in [0.717, 1.165) is 0 Å². The van der Waals surface area contributed by atoms with E-state index in [1.54, 1.807) is 7.05 Å². The minimum absolute atomic E-state index is 0.244. The topological polar surface area (TPSA) is 60.8 Å². The molecule has 4 nitrogen and oxygen atoms in total. The minimum atomic E-state index is -0.305. The lowest BCUT2D eigenvalue weighted by Gasteiger charge is -2.15. The lowest BCUT2D eigenvalue weighted by atomic mass is 10.2. The number of benzene rings is 1. The number of nitrogens with zero attached hydrogens (tertiary/aromatic N) is 1. The first-order valence-electron chi connectivity index (χ1n) is 4.39. The molecule has 1 aromatic carbocycles. The van der Waals surface area contributed by atoms with Crippen LogP contribution in [0.25, 0.3) is 0 Å². The Morgan fingerprint density at radius 2 is 2.07 bits per heavy atom. The highest BCUT2D eigenvalue weighted by Crippen LogP contribution is 2.25. The number of halogens is 1. The summed E-state index contributed by atoms with van der Waals surface area (Å²) in [5.41, 5.74) is 0.318. The summed E-state index contributed by atoms with van der Waals surface area (Å²) in [5.74, 6) is -0.440. The summed E-state index contributed by atoms with van der Waals surface area (Å²) in [5, 5.41) is 18.3. The molecule has 0 aliphatic rings. The van der Waals surface area contributed by atoms with E-state index in [1.165, 1.54) is 23.1 Å². The number of aromatic hydroxyl groups is 2. The van der Waals surface area contributed by atoms with Gasteiger partial charge in [0.25, 0.3) is 5.91 Å². The molecule has 0 aromatic heterocycles. The van der Waals surface area contributed by atoms with Gasteiger partial charge in [0.05, 0.1) is 0 Å². The Morgan fingerprint density at radius 1 is 1.40 bits per heavy atom. The number of alkyl halides is 1. The van der Waals surface area contributed by atoms with Gasteiger partial charge in [0.15, 0.2) is 11.5 Å². The summed E-state index contributed by atoms with van der Waals surface area (Å²) >= 11 is 5.50. The van der Waals surface area contributed by atoms with E-state index in [4.69, 9.17) is 16.7 Å². The number of carbonyl (C=O) groups excluding carboxylic acids is 1. The highest BCUT2D eigenvalue weighted by molar-refractivity contribution is 6.18. The number of phenols is 2. The highest BCUT2D eigenvalue weighted by atomic mass is 35.5. The molecule has 0 unspecified atom stereocenters. The molecule has 0 atom stereocenters. The maximum Gasteiger partial charge on any atom is 0.253 e. The molecule has 82 valence electrons. The van der Waals surface area contributed by atoms with Crippen molar-refractivity contribution in [2.75, 3.05) is 19.5 Å². The predicted molar refractivity (Wildman–Crippen MR) is 57.5 cm³/mol. The van der Waals surface area contributed by atoms with Crippen molar-refractivity contribution in [2.24, 2.45) is 0 Å². The normalized spacial score (nSPS) is 10.0. The third-order valence-corrected chi connectivity index (χ3v) is 2.16. The van der Waals surface area contributed by atoms with Crippen LogP contribution in [0, 0.1) is 0 Å². The molecule has 5 heteroatoms. The molecule has 2 N–H and O–H groups in total. The Hall–Kier alpha value is -1.42. The van der Waals surface area contributed by atoms with Crippen molar-refractivity contribution in [3.8, 4) is 11.5 Å². The number of amides is 1. The van der Waals surface area contributed by atoms with E-state index in [9.17, 15) is 9.90 Å². The summed E-state index contributed by atoms with van der Waals surface area (Å²) in [6, 6.07) is 3.95. The Bertz CT molecular complexity index is 368. The number of hydrogen-bond acceptors (Lipinski definition) is 3. The first-order chi connectivity index (χ1) is 7.06. The van der Waals surface area contributed by atoms with E-state index in [2.05, 4.69) is 0 Å². The lowest BCUT2D eigenvalue weighted by Crippen LogP contribution is -2.28. The summed E-state index contributed by atoms with van der Waals surface area (Å²) in [6.07, 6.45) is 0. The molecule has 0 fully saturated rings. The van der Waals surface area contributed by atoms with Crippen LogP contribution in [0.1, 0.15) is 10.4 Å². The van der Waals surface area contributed by atoms with Crippen LogP contribution >= 0.6 is 11.6 Å². The molecule has 1 amide bonds. The Morgan fingerprint density at radius 3 is 2.60 bits per heavy atom. The van der Waals surface area contributed by atoms with Crippen LogP contribution in [-0.2, 0) is 0 Å². The van der Waals surface area contributed by atoms with Gasteiger partial charge in [-0.1, -0.05) is 0 Å². The first-order valence-corrected chi connectivity index (χ1v) is 4.93. The van der Waals surface area contributed by atoms with Crippen molar-refractivity contribution >= 4 is 17.5 Å². The van der Waals surface area contributed by atoms with Gasteiger partial charge in [-0.05, 0) is 18.2 Å². The zero-order valence-electron chi connectivity index (χ0n) is 8.27. The van der Waals surface area contributed by atoms with Gasteiger partial charge in [0.2, 0.25) is 0 Å². The average molecular weight is 230 g/mol. The molecule has 0 spiro atoms. The van der Waals surface area contributed by atoms with Gasteiger partial charge in [0.1, 0.15) is 0 Å². The average Bonchev–Trinajstić information content (AvgIpc) is 2.21. The zero-order valence-corrected chi connectivity index (χ0v) is 9.03. The third-order valence-electron chi connectivity index (χ3n) is 1.99. The monoisotopic (exact) mass is 229 g/mol. The lowest BCUT2D eigenvalue weighted by molar-refractivity contribution is 0.0803. The second-order valence-corrected chi connectivity index (χ2v) is 3.50. The number of phenolic OH excluding ortho intramolecular Hbond substituents is 2. The Labute approximate surface area is 92.7 Å². The molecule has 0 heterocycles. The second kappa shape index (κ2) is 4.89. The summed E-state index contributed by atoms with van der Waals surface area (Å²) < 4.78 is 0. The van der Waals surface area contributed by atoms with Crippen LogP contribution in [0.2, 0.25) is 0 Å². The maximum atomic E-state index is 11.7. The van der Waals surface area contributed by atoms with Crippen LogP contribution in [0.3, 0.4) is 0 Å². The fraction of sp³-hybridized carbons (Fsp3) is 0.300. The second-order valence-electron chi connectivity index (χ2n) is 3.12. The van der Waals surface area contributed by atoms with Crippen LogP contribution in [-0.4, -0.2) is 40.5 Å². The molecule has 15 heavy (non-hydrogen) atoms. The van der Waals surface area contributed by atoms with Crippen molar-refractivity contribution in [2.45, 2.75) is 0 Å². The van der Waals surface area contributed by atoms with E-state index in [-0.39, 0.29) is 17.4 Å². The van der Waals surface area contributed by atoms with Crippen LogP contribution in [0.15, 0.2) is 18.2 Å². The molecule has 0 aliphatic heterocycles. The van der Waals surface area contributed by atoms with Gasteiger partial charge in [-0.15, -0.1) is 11.6 Å². The van der Waals surface area contributed by atoms with Gasteiger partial charge < -0.3 is 15.1 Å². The summed E-state index contributed by atoms with van der Waals surface area (Å²) in [6.45, 7) is 0.433. The largest absolute Gasteiger partial charge is 0.504 e. The molecular weight excluding hydrogens is 218 g/mol. The molecule has 0 bridgehead atoms. The predicted octanol–water partition coefficient (Wildman–Crippen LogP) is 1.41. The summed E-state index contributed by atoms with van der Waals surface area (Å²) in [7, 11) is 1.62. The van der Waals surface area contributed by atoms with E-state index >= 15 is 0 Å². The Balaban J connectivity index is 2.87. The van der Waals surface area contributed by atoms with Crippen molar-refractivity contribution in [1.29, 1.82) is 0 Å². The van der Waals surface area contributed by atoms with Crippen molar-refractivity contribution in [3.05, 3.63) is 23.8 Å². The van der Waals surface area contributed by atoms with E-state index in [0.29, 0.717) is 18.0 Å². The third kappa shape index (κ3) is 2.76. The minimum Gasteiger partial charge on any atom is -0.504 e. The quantitative estimate of drug-likeness (QED) is 0.609. The van der Waals surface area contributed by atoms with Gasteiger partial charge in [-0.25, -0.2) is 0 Å². The number of carbonyl (C=O) groups is 1. The van der Waals surface area contributed by atoms with E-state index in [1.807, 2.05) is 0 Å². The zero-order chi connectivity index (χ0) is 11.4. The molecule has 0 saturated heterocycles. The molecule has 0 saturated carbocycles. The van der Waals surface area contributed by atoms with Crippen molar-refractivity contribution in [1.82, 2.24) is 4.90 Å². The highest BCUT2D eigenvalue weighted by Gasteiger charge is 2.12. The molecule has 1 aromatic rings. The van der Waals surface area contributed by atoms with Gasteiger partial charge in [-0.2, -0.15) is 0 Å². The molecule has 0 aliphatic carbocycles. The van der Waals surface area contributed by atoms with Crippen LogP contribution in [0.5, 0.6) is 11.5 Å². The molecular formula is C10H12ClNO3. The summed E-state index contributed by atoms with van der Waals surface area (Å²) in [4.78, 5) is 13.1. The van der Waals surface area contributed by atoms with Crippen molar-refractivity contribution < 1.29 is 15.0 Å². The smallest absolute Gasteiger partial charge is 0.253 e. The number of hydrogen-bond donors (Lipinski definition) is 2. The standard InChI is InChI=1S/C10H12ClNO3/c1-12(5-4-11)10(15)7-2-3-8(13)9(14)6-7/h2-3,6,13-14H,4-5H2,1H3. The van der Waals surface area contributed by atoms with Gasteiger partial charge >= 0.3 is 0 Å². The fourth-order valence-electron chi connectivity index (χ4n) is 1.11. The Kier molecular flexibility index (Phi) is 3.80. The fourth-order valence-corrected chi connectivity index (χ4v) is 1.36. The van der Waals surface area contributed by atoms with Gasteiger partial charge in [0, 0.05) is 25.0 Å². The first kappa shape index (κ1) is 11.7. The molecule has 1 rings (SSSR count). The molecule has 0 radical (unpaired) electrons. The van der Waals surface area contributed by atoms with Crippen molar-refractivity contribution in [3.63, 3.8) is 0 Å². The van der Waals surface area contributed by atoms with E-state index < -0.39 is 0 Å². The number of rotatable bonds is 3. The maximum absolute atomic E-state index is 11.7. The van der Waals surface area contributed by atoms with Gasteiger partial charge in [-0.3, -0.25) is 4.79 Å². The van der Waals surface area contributed by atoms with Crippen LogP contribution in [0.4, 0.5) is 0 Å². The van der Waals surface area contributed by atoms with Crippen LogP contribution < -0.4 is 0 Å².